The summed E-state index contributed by atoms with van der Waals surface area (Å²) in [7, 11) is 0. The van der Waals surface area contributed by atoms with Gasteiger partial charge in [0.25, 0.3) is 0 Å². The number of benzene rings is 3. The molecular weight excluding hydrogens is 443 g/mol. The summed E-state index contributed by atoms with van der Waals surface area (Å²) in [5.41, 5.74) is 2.83. The number of urea groups is 1. The Morgan fingerprint density at radius 2 is 1.74 bits per heavy atom. The lowest BCUT2D eigenvalue weighted by Crippen LogP contribution is -2.47. The van der Waals surface area contributed by atoms with Crippen molar-refractivity contribution in [1.29, 1.82) is 5.26 Å². The van der Waals surface area contributed by atoms with E-state index in [1.165, 1.54) is 12.1 Å². The second-order valence-electron chi connectivity index (χ2n) is 8.71. The Kier molecular flexibility index (Phi) is 7.74. The largest absolute Gasteiger partial charge is 0.334 e. The first-order valence-electron chi connectivity index (χ1n) is 11.6. The number of halogens is 1. The number of para-hydroxylation sites is 1. The van der Waals surface area contributed by atoms with E-state index in [1.54, 1.807) is 34.1 Å². The van der Waals surface area contributed by atoms with Crippen LogP contribution in [0.15, 0.2) is 78.9 Å². The highest BCUT2D eigenvalue weighted by molar-refractivity contribution is 5.90. The summed E-state index contributed by atoms with van der Waals surface area (Å²) in [6.45, 7) is 1.49. The number of nitrogens with one attached hydrogen (secondary N) is 1. The molecule has 1 aliphatic rings. The molecule has 1 atom stereocenters. The molecule has 0 aromatic heterocycles. The van der Waals surface area contributed by atoms with Gasteiger partial charge in [0.05, 0.1) is 17.6 Å². The molecule has 1 unspecified atom stereocenters. The Labute approximate surface area is 204 Å². The molecule has 3 aromatic rings. The average molecular weight is 471 g/mol. The summed E-state index contributed by atoms with van der Waals surface area (Å²) < 4.78 is 13.8. The van der Waals surface area contributed by atoms with Gasteiger partial charge in [-0.25, -0.2) is 9.18 Å². The first-order valence-corrected chi connectivity index (χ1v) is 11.6. The summed E-state index contributed by atoms with van der Waals surface area (Å²) in [4.78, 5) is 29.9. The van der Waals surface area contributed by atoms with E-state index in [2.05, 4.69) is 11.4 Å². The fourth-order valence-corrected chi connectivity index (χ4v) is 4.32. The molecule has 7 heteroatoms. The first kappa shape index (κ1) is 24.0. The maximum Gasteiger partial charge on any atom is 0.321 e. The second-order valence-corrected chi connectivity index (χ2v) is 8.71. The van der Waals surface area contributed by atoms with Gasteiger partial charge in [-0.05, 0) is 60.4 Å². The van der Waals surface area contributed by atoms with Crippen LogP contribution in [0, 0.1) is 23.1 Å². The van der Waals surface area contributed by atoms with E-state index < -0.39 is 0 Å². The van der Waals surface area contributed by atoms with Gasteiger partial charge in [-0.3, -0.25) is 4.79 Å². The van der Waals surface area contributed by atoms with Gasteiger partial charge in [0.2, 0.25) is 5.91 Å². The molecule has 0 saturated carbocycles. The molecular formula is C28H27FN4O2. The number of carbonyl (C=O) groups is 2. The van der Waals surface area contributed by atoms with E-state index in [9.17, 15) is 14.0 Å². The number of carbonyl (C=O) groups excluding carboxylic acids is 2. The fraction of sp³-hybridized carbons (Fsp3) is 0.250. The monoisotopic (exact) mass is 470 g/mol. The van der Waals surface area contributed by atoms with Gasteiger partial charge in [0.1, 0.15) is 5.82 Å². The van der Waals surface area contributed by atoms with Crippen molar-refractivity contribution in [2.75, 3.05) is 18.4 Å². The summed E-state index contributed by atoms with van der Waals surface area (Å²) in [6, 6.07) is 24.4. The van der Waals surface area contributed by atoms with Gasteiger partial charge in [-0.1, -0.05) is 42.5 Å². The number of piperidine rings is 1. The van der Waals surface area contributed by atoms with Crippen molar-refractivity contribution in [2.45, 2.75) is 25.9 Å². The third-order valence-electron chi connectivity index (χ3n) is 6.11. The van der Waals surface area contributed by atoms with E-state index >= 15 is 0 Å². The highest BCUT2D eigenvalue weighted by Crippen LogP contribution is 2.23. The number of hydrogen-bond acceptors (Lipinski definition) is 3. The Hall–Kier alpha value is -4.18. The molecule has 0 aliphatic carbocycles. The van der Waals surface area contributed by atoms with E-state index in [0.29, 0.717) is 42.9 Å². The lowest BCUT2D eigenvalue weighted by atomic mass is 9.96. The van der Waals surface area contributed by atoms with Crippen LogP contribution in [0.4, 0.5) is 14.9 Å². The van der Waals surface area contributed by atoms with Crippen molar-refractivity contribution in [3.8, 4) is 6.07 Å². The zero-order valence-corrected chi connectivity index (χ0v) is 19.4. The topological polar surface area (TPSA) is 76.4 Å². The number of nitrogens with zero attached hydrogens (tertiary/aromatic N) is 3. The van der Waals surface area contributed by atoms with Gasteiger partial charge in [0.15, 0.2) is 0 Å². The molecule has 1 aliphatic heterocycles. The number of likely N-dealkylation sites (tertiary alicyclic amines) is 1. The van der Waals surface area contributed by atoms with Crippen LogP contribution in [-0.2, 0) is 17.9 Å². The van der Waals surface area contributed by atoms with Crippen LogP contribution in [0.25, 0.3) is 0 Å². The highest BCUT2D eigenvalue weighted by atomic mass is 19.1. The number of nitriles is 1. The molecule has 1 saturated heterocycles. The molecule has 0 radical (unpaired) electrons. The van der Waals surface area contributed by atoms with Crippen LogP contribution in [0.1, 0.15) is 29.5 Å². The van der Waals surface area contributed by atoms with Crippen LogP contribution in [0.5, 0.6) is 0 Å². The standard InChI is InChI=1S/C28H27FN4O2/c29-25-8-4-6-23(16-25)19-33(18-22-13-11-21(17-30)12-14-22)27(34)24-7-5-15-32(20-24)28(35)31-26-9-2-1-3-10-26/h1-4,6,8-14,16,24H,5,7,15,18-20H2,(H,31,35). The first-order chi connectivity index (χ1) is 17.0. The third-order valence-corrected chi connectivity index (χ3v) is 6.11. The van der Waals surface area contributed by atoms with Gasteiger partial charge in [0, 0.05) is 31.9 Å². The third kappa shape index (κ3) is 6.45. The Morgan fingerprint density at radius 3 is 2.46 bits per heavy atom. The molecule has 6 nitrogen and oxygen atoms in total. The maximum atomic E-state index is 13.8. The fourth-order valence-electron chi connectivity index (χ4n) is 4.32. The lowest BCUT2D eigenvalue weighted by Gasteiger charge is -2.35. The predicted octanol–water partition coefficient (Wildman–Crippen LogP) is 5.17. The molecule has 1 fully saturated rings. The number of amides is 3. The Bertz CT molecular complexity index is 1210. The van der Waals surface area contributed by atoms with Crippen molar-refractivity contribution in [1.82, 2.24) is 9.80 Å². The zero-order chi connectivity index (χ0) is 24.6. The summed E-state index contributed by atoms with van der Waals surface area (Å²) in [6.07, 6.45) is 1.41. The predicted molar refractivity (Wildman–Crippen MR) is 132 cm³/mol. The van der Waals surface area contributed by atoms with Gasteiger partial charge in [-0.15, -0.1) is 0 Å². The minimum atomic E-state index is -0.352. The van der Waals surface area contributed by atoms with E-state index in [-0.39, 0.29) is 30.2 Å². The molecule has 0 bridgehead atoms. The number of hydrogen-bond donors (Lipinski definition) is 1. The second kappa shape index (κ2) is 11.3. The van der Waals surface area contributed by atoms with Crippen LogP contribution in [0.2, 0.25) is 0 Å². The minimum absolute atomic E-state index is 0.0733. The van der Waals surface area contributed by atoms with Crippen molar-refractivity contribution >= 4 is 17.6 Å². The van der Waals surface area contributed by atoms with Gasteiger partial charge in [-0.2, -0.15) is 5.26 Å². The maximum absolute atomic E-state index is 13.8. The highest BCUT2D eigenvalue weighted by Gasteiger charge is 2.31. The van der Waals surface area contributed by atoms with Crippen molar-refractivity contribution in [3.63, 3.8) is 0 Å². The van der Waals surface area contributed by atoms with Crippen molar-refractivity contribution < 1.29 is 14.0 Å². The number of anilines is 1. The van der Waals surface area contributed by atoms with Crippen LogP contribution >= 0.6 is 0 Å². The molecule has 0 spiro atoms. The van der Waals surface area contributed by atoms with Crippen LogP contribution in [0.3, 0.4) is 0 Å². The Morgan fingerprint density at radius 1 is 1.00 bits per heavy atom. The van der Waals surface area contributed by atoms with Crippen molar-refractivity contribution in [3.05, 3.63) is 101 Å². The van der Waals surface area contributed by atoms with Crippen LogP contribution in [-0.4, -0.2) is 34.8 Å². The van der Waals surface area contributed by atoms with Crippen LogP contribution < -0.4 is 5.32 Å². The van der Waals surface area contributed by atoms with Gasteiger partial charge < -0.3 is 15.1 Å². The number of rotatable bonds is 6. The molecule has 3 amide bonds. The Balaban J connectivity index is 1.49. The van der Waals surface area contributed by atoms with Gasteiger partial charge >= 0.3 is 6.03 Å². The summed E-state index contributed by atoms with van der Waals surface area (Å²) >= 11 is 0. The molecule has 35 heavy (non-hydrogen) atoms. The molecule has 1 heterocycles. The minimum Gasteiger partial charge on any atom is -0.334 e. The SMILES string of the molecule is N#Cc1ccc(CN(Cc2cccc(F)c2)C(=O)C2CCCN(C(=O)Nc3ccccc3)C2)cc1. The average Bonchev–Trinajstić information content (AvgIpc) is 2.89. The normalized spacial score (nSPS) is 15.2. The molecule has 178 valence electrons. The summed E-state index contributed by atoms with van der Waals surface area (Å²) in [5.74, 6) is -0.775. The van der Waals surface area contributed by atoms with E-state index in [0.717, 1.165) is 12.0 Å². The van der Waals surface area contributed by atoms with E-state index in [4.69, 9.17) is 5.26 Å². The quantitative estimate of drug-likeness (QED) is 0.540. The summed E-state index contributed by atoms with van der Waals surface area (Å²) in [5, 5.41) is 12.0. The molecule has 3 aromatic carbocycles. The van der Waals surface area contributed by atoms with Crippen molar-refractivity contribution in [2.24, 2.45) is 5.92 Å². The molecule has 4 rings (SSSR count). The lowest BCUT2D eigenvalue weighted by molar-refractivity contribution is -0.138. The molecule has 1 N–H and O–H groups in total. The smallest absolute Gasteiger partial charge is 0.321 e. The zero-order valence-electron chi connectivity index (χ0n) is 19.4. The van der Waals surface area contributed by atoms with E-state index in [1.807, 2.05) is 42.5 Å².